The number of aromatic nitrogens is 3. The first-order valence-electron chi connectivity index (χ1n) is 9.70. The molecule has 0 saturated carbocycles. The minimum absolute atomic E-state index is 0.0309. The van der Waals surface area contributed by atoms with Crippen LogP contribution in [0.3, 0.4) is 0 Å². The van der Waals surface area contributed by atoms with Crippen molar-refractivity contribution in [3.8, 4) is 10.4 Å². The second-order valence-corrected chi connectivity index (χ2v) is 9.43. The molecule has 2 aliphatic heterocycles. The molecule has 2 N–H and O–H groups in total. The smallest absolute Gasteiger partial charge is 0.255 e. The predicted molar refractivity (Wildman–Crippen MR) is 112 cm³/mol. The molecule has 2 fully saturated rings. The molecule has 6 nitrogen and oxygen atoms in total. The zero-order valence-corrected chi connectivity index (χ0v) is 17.5. The van der Waals surface area contributed by atoms with Gasteiger partial charge in [0.05, 0.1) is 22.5 Å². The van der Waals surface area contributed by atoms with E-state index in [0.717, 1.165) is 16.9 Å². The Morgan fingerprint density at radius 1 is 1.45 bits per heavy atom. The van der Waals surface area contributed by atoms with Crippen LogP contribution in [0.25, 0.3) is 10.4 Å². The molecule has 4 atom stereocenters. The highest BCUT2D eigenvalue weighted by Gasteiger charge is 2.54. The van der Waals surface area contributed by atoms with Crippen molar-refractivity contribution in [3.05, 3.63) is 58.4 Å². The lowest BCUT2D eigenvalue weighted by molar-refractivity contribution is -0.0534. The van der Waals surface area contributed by atoms with Crippen LogP contribution in [0.4, 0.5) is 0 Å². The minimum atomic E-state index is -1.11. The number of carbonyl (C=O) groups excluding carboxylic acids is 1. The van der Waals surface area contributed by atoms with E-state index in [0.29, 0.717) is 35.0 Å². The van der Waals surface area contributed by atoms with Gasteiger partial charge in [-0.25, -0.2) is 0 Å². The number of carbonyl (C=O) groups is 1. The largest absolute Gasteiger partial charge is 0.383 e. The molecule has 150 valence electrons. The molecule has 3 aromatic heterocycles. The molecule has 2 bridgehead atoms. The Morgan fingerprint density at radius 3 is 3.03 bits per heavy atom. The number of halogens is 1. The molecule has 2 aliphatic rings. The first kappa shape index (κ1) is 18.8. The van der Waals surface area contributed by atoms with Crippen molar-refractivity contribution in [3.63, 3.8) is 0 Å². The number of H-pyrrole nitrogens is 1. The number of amides is 1. The molecule has 0 radical (unpaired) electrons. The van der Waals surface area contributed by atoms with E-state index in [9.17, 15) is 9.90 Å². The average Bonchev–Trinajstić information content (AvgIpc) is 3.42. The van der Waals surface area contributed by atoms with Crippen LogP contribution >= 0.6 is 22.9 Å². The molecule has 29 heavy (non-hydrogen) atoms. The van der Waals surface area contributed by atoms with Crippen molar-refractivity contribution >= 4 is 28.8 Å². The number of aromatic amines is 1. The number of hydrogen-bond acceptors (Lipinski definition) is 5. The van der Waals surface area contributed by atoms with Crippen LogP contribution < -0.4 is 0 Å². The van der Waals surface area contributed by atoms with E-state index >= 15 is 0 Å². The first-order valence-corrected chi connectivity index (χ1v) is 11.0. The van der Waals surface area contributed by atoms with Gasteiger partial charge in [-0.05, 0) is 30.5 Å². The van der Waals surface area contributed by atoms with Crippen molar-refractivity contribution in [2.45, 2.75) is 43.9 Å². The lowest BCUT2D eigenvalue weighted by atomic mass is 9.82. The summed E-state index contributed by atoms with van der Waals surface area (Å²) in [4.78, 5) is 20.7. The van der Waals surface area contributed by atoms with Gasteiger partial charge in [0.25, 0.3) is 5.91 Å². The zero-order valence-electron chi connectivity index (χ0n) is 15.9. The molecule has 5 rings (SSSR count). The van der Waals surface area contributed by atoms with Crippen molar-refractivity contribution in [2.75, 3.05) is 0 Å². The van der Waals surface area contributed by atoms with E-state index in [1.807, 2.05) is 22.5 Å². The van der Waals surface area contributed by atoms with Crippen LogP contribution in [0.2, 0.25) is 5.02 Å². The molecule has 5 heterocycles. The van der Waals surface area contributed by atoms with Gasteiger partial charge in [0.1, 0.15) is 5.60 Å². The van der Waals surface area contributed by atoms with Crippen molar-refractivity contribution in [1.82, 2.24) is 20.1 Å². The number of piperidine rings is 1. The Labute approximate surface area is 177 Å². The predicted octanol–water partition coefficient (Wildman–Crippen LogP) is 4.09. The third-order valence-electron chi connectivity index (χ3n) is 6.23. The molecule has 0 aliphatic carbocycles. The molecule has 4 unspecified atom stereocenters. The maximum Gasteiger partial charge on any atom is 0.255 e. The molecule has 0 aromatic carbocycles. The summed E-state index contributed by atoms with van der Waals surface area (Å²) in [6.07, 6.45) is 7.01. The second kappa shape index (κ2) is 6.93. The van der Waals surface area contributed by atoms with Gasteiger partial charge in [0.15, 0.2) is 0 Å². The van der Waals surface area contributed by atoms with Crippen LogP contribution in [-0.4, -0.2) is 43.2 Å². The highest BCUT2D eigenvalue weighted by atomic mass is 35.5. The van der Waals surface area contributed by atoms with Crippen molar-refractivity contribution in [2.24, 2.45) is 5.92 Å². The van der Waals surface area contributed by atoms with Crippen molar-refractivity contribution in [1.29, 1.82) is 0 Å². The Morgan fingerprint density at radius 2 is 2.31 bits per heavy atom. The number of nitrogens with one attached hydrogen (secondary N) is 1. The quantitative estimate of drug-likeness (QED) is 0.658. The molecule has 0 spiro atoms. The third kappa shape index (κ3) is 3.08. The van der Waals surface area contributed by atoms with E-state index in [4.69, 9.17) is 11.6 Å². The monoisotopic (exact) mass is 428 g/mol. The van der Waals surface area contributed by atoms with Crippen LogP contribution in [0.15, 0.2) is 42.2 Å². The number of pyridine rings is 1. The summed E-state index contributed by atoms with van der Waals surface area (Å²) in [5, 5.41) is 20.6. The summed E-state index contributed by atoms with van der Waals surface area (Å²) in [5.41, 5.74) is 1.08. The van der Waals surface area contributed by atoms with E-state index in [-0.39, 0.29) is 18.0 Å². The van der Waals surface area contributed by atoms with Gasteiger partial charge in [0, 0.05) is 53.1 Å². The number of hydrogen-bond donors (Lipinski definition) is 2. The minimum Gasteiger partial charge on any atom is -0.383 e. The number of fused-ring (bicyclic) bond motifs is 2. The van der Waals surface area contributed by atoms with Crippen molar-refractivity contribution < 1.29 is 9.90 Å². The number of rotatable bonds is 3. The fourth-order valence-corrected chi connectivity index (χ4v) is 6.08. The van der Waals surface area contributed by atoms with Gasteiger partial charge in [0.2, 0.25) is 0 Å². The lowest BCUT2D eigenvalue weighted by Gasteiger charge is -2.44. The molecule has 2 saturated heterocycles. The van der Waals surface area contributed by atoms with Crippen LogP contribution in [0.5, 0.6) is 0 Å². The highest BCUT2D eigenvalue weighted by molar-refractivity contribution is 7.13. The summed E-state index contributed by atoms with van der Waals surface area (Å²) in [6, 6.07) is 5.38. The number of aliphatic hydroxyl groups is 1. The summed E-state index contributed by atoms with van der Waals surface area (Å²) in [6.45, 7) is 2.15. The van der Waals surface area contributed by atoms with E-state index in [2.05, 4.69) is 22.1 Å². The summed E-state index contributed by atoms with van der Waals surface area (Å²) in [7, 11) is 0. The van der Waals surface area contributed by atoms with Gasteiger partial charge in [-0.1, -0.05) is 18.5 Å². The van der Waals surface area contributed by atoms with Crippen LogP contribution in [0.1, 0.15) is 42.2 Å². The average molecular weight is 429 g/mol. The second-order valence-electron chi connectivity index (χ2n) is 8.11. The fourth-order valence-electron chi connectivity index (χ4n) is 4.92. The molecule has 3 aromatic rings. The Hall–Kier alpha value is -2.22. The molecular weight excluding hydrogens is 408 g/mol. The van der Waals surface area contributed by atoms with Gasteiger partial charge in [-0.2, -0.15) is 5.10 Å². The van der Waals surface area contributed by atoms with E-state index in [1.165, 1.54) is 11.3 Å². The van der Waals surface area contributed by atoms with E-state index < -0.39 is 5.60 Å². The van der Waals surface area contributed by atoms with Gasteiger partial charge in [-0.15, -0.1) is 11.3 Å². The summed E-state index contributed by atoms with van der Waals surface area (Å²) < 4.78 is 0. The SMILES string of the molecule is CC1CC2CC(O)(c3ncccc3Cl)CC1N2C(=O)c1csc(-c2cn[nH]c2)c1. The van der Waals surface area contributed by atoms with Gasteiger partial charge < -0.3 is 10.0 Å². The van der Waals surface area contributed by atoms with Gasteiger partial charge >= 0.3 is 0 Å². The van der Waals surface area contributed by atoms with E-state index in [1.54, 1.807) is 24.5 Å². The molecule has 1 amide bonds. The Bertz CT molecular complexity index is 1050. The Kier molecular flexibility index (Phi) is 4.49. The molecule has 8 heteroatoms. The number of thiophene rings is 1. The lowest BCUT2D eigenvalue weighted by Crippen LogP contribution is -2.53. The normalized spacial score (nSPS) is 28.7. The third-order valence-corrected chi connectivity index (χ3v) is 7.52. The standard InChI is InChI=1S/C21H21ClN4O2S/c1-12-5-15-7-21(28,19-16(22)3-2-4-23-19)8-17(12)26(15)20(27)13-6-18(29-11-13)14-9-24-25-10-14/h2-4,6,9-12,15,17,28H,5,7-8H2,1H3,(H,24,25). The maximum atomic E-state index is 13.4. The highest BCUT2D eigenvalue weighted by Crippen LogP contribution is 2.49. The molecular formula is C21H21ClN4O2S. The van der Waals surface area contributed by atoms with Crippen LogP contribution in [0, 0.1) is 5.92 Å². The summed E-state index contributed by atoms with van der Waals surface area (Å²) >= 11 is 7.87. The Balaban J connectivity index is 1.43. The number of nitrogens with zero attached hydrogens (tertiary/aromatic N) is 3. The van der Waals surface area contributed by atoms with Crippen LogP contribution in [-0.2, 0) is 5.60 Å². The van der Waals surface area contributed by atoms with Gasteiger partial charge in [-0.3, -0.25) is 14.9 Å². The zero-order chi connectivity index (χ0) is 20.2. The first-order chi connectivity index (χ1) is 14.0. The summed E-state index contributed by atoms with van der Waals surface area (Å²) in [5.74, 6) is 0.344. The topological polar surface area (TPSA) is 82.1 Å². The maximum absolute atomic E-state index is 13.4. The fraction of sp³-hybridized carbons (Fsp3) is 0.381.